The van der Waals surface area contributed by atoms with Crippen LogP contribution in [0.4, 0.5) is 19.7 Å². The largest absolute Gasteiger partial charge is 0.443 e. The fourth-order valence-electron chi connectivity index (χ4n) is 9.25. The van der Waals surface area contributed by atoms with Crippen LogP contribution in [0.2, 0.25) is 0 Å². The van der Waals surface area contributed by atoms with E-state index in [1.54, 1.807) is 59.7 Å². The predicted octanol–water partition coefficient (Wildman–Crippen LogP) is 7.15. The van der Waals surface area contributed by atoms with Crippen molar-refractivity contribution in [3.05, 3.63) is 136 Å². The van der Waals surface area contributed by atoms with E-state index < -0.39 is 105 Å². The van der Waals surface area contributed by atoms with Crippen LogP contribution in [0.3, 0.4) is 0 Å². The number of anilines is 1. The minimum absolute atomic E-state index is 0.00219. The van der Waals surface area contributed by atoms with Gasteiger partial charge in [-0.2, -0.15) is 9.80 Å². The average Bonchev–Trinajstić information content (AvgIpc) is 4.26. The summed E-state index contributed by atoms with van der Waals surface area (Å²) in [4.78, 5) is 133. The van der Waals surface area contributed by atoms with Crippen molar-refractivity contribution in [2.24, 2.45) is 16.6 Å². The van der Waals surface area contributed by atoms with Crippen LogP contribution in [-0.2, 0) is 41.7 Å². The molecular weight excluding hydrogens is 944 g/mol. The highest BCUT2D eigenvalue weighted by atomic mass is 19.1. The number of piperidine rings is 2. The summed E-state index contributed by atoms with van der Waals surface area (Å²) in [6.07, 6.45) is -0.524. The maximum absolute atomic E-state index is 14.1. The van der Waals surface area contributed by atoms with Gasteiger partial charge in [-0.25, -0.2) is 14.0 Å². The Morgan fingerprint density at radius 3 is 1.38 bits per heavy atom. The molecule has 4 aromatic carbocycles. The molecule has 19 heteroatoms. The Morgan fingerprint density at radius 1 is 0.575 bits per heavy atom. The number of rotatable bonds is 6. The molecule has 2 spiro atoms. The van der Waals surface area contributed by atoms with Gasteiger partial charge >= 0.3 is 12.2 Å². The molecule has 380 valence electrons. The van der Waals surface area contributed by atoms with E-state index >= 15 is 0 Å². The Hall–Kier alpha value is -7.93. The number of nitrogens with two attached hydrogens (primary N) is 1. The van der Waals surface area contributed by atoms with Crippen LogP contribution in [0.5, 0.6) is 0 Å². The number of imide groups is 8. The number of halogens is 1. The van der Waals surface area contributed by atoms with Crippen molar-refractivity contribution in [1.82, 2.24) is 19.6 Å². The molecule has 73 heavy (non-hydrogen) atoms. The van der Waals surface area contributed by atoms with Gasteiger partial charge in [0.1, 0.15) is 29.1 Å². The number of benzene rings is 4. The Balaban J connectivity index is 0.000000172. The molecule has 4 aromatic rings. The molecule has 6 aliphatic rings. The highest BCUT2D eigenvalue weighted by Crippen LogP contribution is 2.56. The Labute approximate surface area is 419 Å². The first kappa shape index (κ1) is 51.4. The molecule has 0 radical (unpaired) electrons. The van der Waals surface area contributed by atoms with Gasteiger partial charge in [-0.05, 0) is 115 Å². The summed E-state index contributed by atoms with van der Waals surface area (Å²) in [6.45, 7) is 10.7. The maximum atomic E-state index is 14.1. The van der Waals surface area contributed by atoms with Crippen molar-refractivity contribution >= 4 is 65.1 Å². The van der Waals surface area contributed by atoms with Crippen LogP contribution >= 0.6 is 0 Å². The van der Waals surface area contributed by atoms with Crippen LogP contribution in [0.1, 0.15) is 133 Å². The third kappa shape index (κ3) is 10.0. The zero-order chi connectivity index (χ0) is 52.9. The van der Waals surface area contributed by atoms with Gasteiger partial charge in [0.25, 0.3) is 35.4 Å². The van der Waals surface area contributed by atoms with Gasteiger partial charge in [0.2, 0.25) is 11.8 Å². The van der Waals surface area contributed by atoms with E-state index in [1.165, 1.54) is 17.7 Å². The number of nitrogens with one attached hydrogen (secondary N) is 1. The monoisotopic (exact) mass is 998 g/mol. The summed E-state index contributed by atoms with van der Waals surface area (Å²) < 4.78 is 24.6. The number of nitrogens with zero attached hydrogens (tertiary/aromatic N) is 4. The van der Waals surface area contributed by atoms with Crippen molar-refractivity contribution in [2.75, 3.05) is 5.32 Å². The molecule has 4 heterocycles. The van der Waals surface area contributed by atoms with E-state index in [1.807, 2.05) is 60.7 Å². The molecule has 10 rings (SSSR count). The summed E-state index contributed by atoms with van der Waals surface area (Å²) in [5, 5.41) is 3.21. The highest BCUT2D eigenvalue weighted by Gasteiger charge is 2.65. The summed E-state index contributed by atoms with van der Waals surface area (Å²) in [6, 6.07) is 25.5. The number of fused-ring (bicyclic) bond motifs is 2. The molecule has 2 aliphatic carbocycles. The zero-order valence-electron chi connectivity index (χ0n) is 41.2. The second kappa shape index (κ2) is 19.2. The van der Waals surface area contributed by atoms with E-state index in [2.05, 4.69) is 5.32 Å². The number of carbonyl (C=O) groups is 10. The van der Waals surface area contributed by atoms with Crippen LogP contribution in [0.25, 0.3) is 0 Å². The first-order valence-corrected chi connectivity index (χ1v) is 23.8. The summed E-state index contributed by atoms with van der Waals surface area (Å²) in [5.41, 5.74) is 3.97. The topological polar surface area (TPSA) is 240 Å². The van der Waals surface area contributed by atoms with Gasteiger partial charge < -0.3 is 20.5 Å². The molecule has 18 nitrogen and oxygen atoms in total. The van der Waals surface area contributed by atoms with E-state index in [-0.39, 0.29) is 29.5 Å². The Kier molecular flexibility index (Phi) is 13.6. The van der Waals surface area contributed by atoms with Crippen molar-refractivity contribution in [2.45, 2.75) is 116 Å². The van der Waals surface area contributed by atoms with Gasteiger partial charge in [0.15, 0.2) is 0 Å². The molecule has 0 bridgehead atoms. The number of likely N-dealkylation sites (tertiary alicyclic amines) is 2. The average molecular weight is 999 g/mol. The fraction of sp³-hybridized carbons (Fsp3) is 0.370. The molecule has 0 aromatic heterocycles. The molecular formula is C54H55FN6O12. The van der Waals surface area contributed by atoms with E-state index in [9.17, 15) is 52.3 Å². The lowest BCUT2D eigenvalue weighted by atomic mass is 9.89. The van der Waals surface area contributed by atoms with E-state index in [0.29, 0.717) is 59.2 Å². The van der Waals surface area contributed by atoms with Crippen LogP contribution in [-0.4, -0.2) is 102 Å². The standard InChI is InChI=1S/C27H27N3O6.C20H19FN2O6.C7H9N/c1-26(2,3)36-25(35)30-22(32)19(14-27(12-13-27)24(30)34)29-21(31)17-10-7-11-18(20(17)23(29)33)28-15-16-8-5-4-6-9-16;1-19(2,3)29-18(28)23-15(25)12(9-20(7-8-20)17(23)27)22-14(24)10-5-4-6-11(21)13(10)16(22)26;8-6-7-4-2-1-3-5-7/h4-11,19,28H,12-15H2,1-3H3;4-6,12H,7-9H2,1-3H3;1-5H,6,8H2. The number of carbonyl (C=O) groups excluding carboxylic acids is 10. The zero-order valence-corrected chi connectivity index (χ0v) is 41.2. The Morgan fingerprint density at radius 2 is 0.986 bits per heavy atom. The maximum Gasteiger partial charge on any atom is 0.424 e. The predicted molar refractivity (Wildman–Crippen MR) is 258 cm³/mol. The molecule has 10 amide bonds. The van der Waals surface area contributed by atoms with Crippen molar-refractivity contribution in [3.63, 3.8) is 0 Å². The SMILES string of the molecule is CC(C)(C)OC(=O)N1C(=O)C(N2C(=O)c3cccc(F)c3C2=O)CC2(CC2)C1=O.CC(C)(C)OC(=O)N1C(=O)C(N2C(=O)c3cccc(NCc4ccccc4)c3C2=O)CC2(CC2)C1=O.NCc1ccccc1. The van der Waals surface area contributed by atoms with Gasteiger partial charge in [-0.1, -0.05) is 72.8 Å². The molecule has 4 fully saturated rings. The first-order chi connectivity index (χ1) is 34.4. The van der Waals surface area contributed by atoms with Crippen molar-refractivity contribution < 1.29 is 61.8 Å². The third-order valence-electron chi connectivity index (χ3n) is 13.2. The van der Waals surface area contributed by atoms with Crippen LogP contribution < -0.4 is 11.1 Å². The van der Waals surface area contributed by atoms with Crippen LogP contribution in [0.15, 0.2) is 97.1 Å². The molecule has 3 N–H and O–H groups in total. The van der Waals surface area contributed by atoms with Crippen LogP contribution in [0, 0.1) is 16.6 Å². The molecule has 2 saturated carbocycles. The second-order valence-electron chi connectivity index (χ2n) is 20.8. The quantitative estimate of drug-likeness (QED) is 0.183. The van der Waals surface area contributed by atoms with Gasteiger partial charge in [0.05, 0.1) is 33.1 Å². The lowest BCUT2D eigenvalue weighted by Gasteiger charge is -2.38. The van der Waals surface area contributed by atoms with Crippen molar-refractivity contribution in [3.8, 4) is 0 Å². The lowest BCUT2D eigenvalue weighted by molar-refractivity contribution is -0.156. The fourth-order valence-corrected chi connectivity index (χ4v) is 9.25. The lowest BCUT2D eigenvalue weighted by Crippen LogP contribution is -2.61. The van der Waals surface area contributed by atoms with Gasteiger partial charge in [0, 0.05) is 18.8 Å². The number of amides is 10. The molecule has 2 unspecified atom stereocenters. The first-order valence-electron chi connectivity index (χ1n) is 23.8. The van der Waals surface area contributed by atoms with E-state index in [0.717, 1.165) is 16.5 Å². The normalized spacial score (nSPS) is 20.3. The highest BCUT2D eigenvalue weighted by molar-refractivity contribution is 6.27. The molecule has 2 saturated heterocycles. The van der Waals surface area contributed by atoms with Crippen molar-refractivity contribution in [1.29, 1.82) is 0 Å². The summed E-state index contributed by atoms with van der Waals surface area (Å²) in [7, 11) is 0. The summed E-state index contributed by atoms with van der Waals surface area (Å²) >= 11 is 0. The molecule has 2 atom stereocenters. The van der Waals surface area contributed by atoms with Gasteiger partial charge in [-0.3, -0.25) is 48.2 Å². The number of hydrogen-bond acceptors (Lipinski definition) is 14. The minimum Gasteiger partial charge on any atom is -0.443 e. The van der Waals surface area contributed by atoms with Gasteiger partial charge in [-0.15, -0.1) is 0 Å². The smallest absolute Gasteiger partial charge is 0.424 e. The third-order valence-corrected chi connectivity index (χ3v) is 13.2. The Bertz CT molecular complexity index is 2980. The minimum atomic E-state index is -1.38. The second-order valence-corrected chi connectivity index (χ2v) is 20.8. The molecule has 4 aliphatic heterocycles. The summed E-state index contributed by atoms with van der Waals surface area (Å²) in [5.74, 6) is -7.13. The number of hydrogen-bond donors (Lipinski definition) is 2. The van der Waals surface area contributed by atoms with E-state index in [4.69, 9.17) is 15.2 Å². The number of ether oxygens (including phenoxy) is 2.